The Morgan fingerprint density at radius 1 is 1.14 bits per heavy atom. The Balaban J connectivity index is 1.45. The summed E-state index contributed by atoms with van der Waals surface area (Å²) in [6.07, 6.45) is 5.50. The number of likely N-dealkylation sites (tertiary alicyclic amines) is 1. The molecule has 0 bridgehead atoms. The monoisotopic (exact) mass is 288 g/mol. The summed E-state index contributed by atoms with van der Waals surface area (Å²) in [6.45, 7) is 7.83. The average Bonchev–Trinajstić information content (AvgIpc) is 3.02. The Bertz CT molecular complexity index is 417. The van der Waals surface area contributed by atoms with E-state index in [1.807, 2.05) is 0 Å². The number of nitrogens with one attached hydrogen (secondary N) is 1. The zero-order valence-corrected chi connectivity index (χ0v) is 13.2. The number of nitrogens with zero attached hydrogens (tertiary/aromatic N) is 1. The topological polar surface area (TPSA) is 24.5 Å². The van der Waals surface area contributed by atoms with Crippen LogP contribution in [0.15, 0.2) is 24.3 Å². The maximum absolute atomic E-state index is 5.64. The fourth-order valence-corrected chi connectivity index (χ4v) is 3.24. The molecule has 1 aromatic carbocycles. The van der Waals surface area contributed by atoms with Crippen molar-refractivity contribution in [1.29, 1.82) is 0 Å². The van der Waals surface area contributed by atoms with Crippen molar-refractivity contribution in [2.75, 3.05) is 31.6 Å². The van der Waals surface area contributed by atoms with Crippen LogP contribution < -0.4 is 5.32 Å². The first kappa shape index (κ1) is 14.9. The van der Waals surface area contributed by atoms with Gasteiger partial charge in [0.25, 0.3) is 0 Å². The highest BCUT2D eigenvalue weighted by atomic mass is 16.5. The van der Waals surface area contributed by atoms with Crippen LogP contribution in [0.5, 0.6) is 0 Å². The van der Waals surface area contributed by atoms with E-state index in [9.17, 15) is 0 Å². The van der Waals surface area contributed by atoms with Gasteiger partial charge in [0.15, 0.2) is 0 Å². The van der Waals surface area contributed by atoms with Crippen molar-refractivity contribution in [3.8, 4) is 0 Å². The third-order valence-electron chi connectivity index (χ3n) is 4.79. The quantitative estimate of drug-likeness (QED) is 0.897. The van der Waals surface area contributed by atoms with Crippen molar-refractivity contribution in [2.24, 2.45) is 5.92 Å². The molecule has 21 heavy (non-hydrogen) atoms. The Morgan fingerprint density at radius 3 is 2.57 bits per heavy atom. The molecule has 0 amide bonds. The molecule has 2 aliphatic rings. The molecular weight excluding hydrogens is 260 g/mol. The molecule has 1 atom stereocenters. The Morgan fingerprint density at radius 2 is 1.90 bits per heavy atom. The number of benzene rings is 1. The lowest BCUT2D eigenvalue weighted by Crippen LogP contribution is -2.32. The summed E-state index contributed by atoms with van der Waals surface area (Å²) in [4.78, 5) is 2.58. The largest absolute Gasteiger partial charge is 0.382 e. The SMILES string of the molecule is CC1CCN(Cc2ccc(NCC3CCCO3)cc2)CC1. The highest BCUT2D eigenvalue weighted by Gasteiger charge is 2.16. The lowest BCUT2D eigenvalue weighted by molar-refractivity contribution is 0.120. The van der Waals surface area contributed by atoms with Crippen LogP contribution in [0.1, 0.15) is 38.2 Å². The van der Waals surface area contributed by atoms with E-state index < -0.39 is 0 Å². The molecule has 1 N–H and O–H groups in total. The molecular formula is C18H28N2O. The molecule has 2 fully saturated rings. The molecule has 2 saturated heterocycles. The van der Waals surface area contributed by atoms with E-state index in [0.717, 1.165) is 25.6 Å². The Labute approximate surface area is 128 Å². The van der Waals surface area contributed by atoms with Crippen LogP contribution in [0, 0.1) is 5.92 Å². The fraction of sp³-hybridized carbons (Fsp3) is 0.667. The molecule has 0 saturated carbocycles. The van der Waals surface area contributed by atoms with Crippen LogP contribution in [0.25, 0.3) is 0 Å². The van der Waals surface area contributed by atoms with Gasteiger partial charge in [0.05, 0.1) is 6.10 Å². The molecule has 0 aromatic heterocycles. The van der Waals surface area contributed by atoms with Gasteiger partial charge in [-0.25, -0.2) is 0 Å². The average molecular weight is 288 g/mol. The minimum absolute atomic E-state index is 0.403. The zero-order valence-electron chi connectivity index (χ0n) is 13.2. The van der Waals surface area contributed by atoms with Crippen LogP contribution in [0.2, 0.25) is 0 Å². The third kappa shape index (κ3) is 4.45. The van der Waals surface area contributed by atoms with Crippen LogP contribution in [0.4, 0.5) is 5.69 Å². The van der Waals surface area contributed by atoms with E-state index in [-0.39, 0.29) is 0 Å². The lowest BCUT2D eigenvalue weighted by atomic mass is 9.99. The van der Waals surface area contributed by atoms with Crippen molar-refractivity contribution < 1.29 is 4.74 Å². The van der Waals surface area contributed by atoms with Crippen LogP contribution in [0.3, 0.4) is 0 Å². The first-order chi connectivity index (χ1) is 10.3. The van der Waals surface area contributed by atoms with E-state index in [1.165, 1.54) is 50.0 Å². The number of hydrogen-bond donors (Lipinski definition) is 1. The summed E-state index contributed by atoms with van der Waals surface area (Å²) in [5.41, 5.74) is 2.63. The number of piperidine rings is 1. The van der Waals surface area contributed by atoms with Gasteiger partial charge in [-0.2, -0.15) is 0 Å². The lowest BCUT2D eigenvalue weighted by Gasteiger charge is -2.30. The van der Waals surface area contributed by atoms with Crippen molar-refractivity contribution >= 4 is 5.69 Å². The molecule has 116 valence electrons. The van der Waals surface area contributed by atoms with Crippen molar-refractivity contribution in [2.45, 2.75) is 45.3 Å². The number of ether oxygens (including phenoxy) is 1. The van der Waals surface area contributed by atoms with E-state index in [4.69, 9.17) is 4.74 Å². The first-order valence-electron chi connectivity index (χ1n) is 8.46. The van der Waals surface area contributed by atoms with Gasteiger partial charge in [-0.05, 0) is 62.4 Å². The Kier molecular flexibility index (Phi) is 5.15. The predicted octanol–water partition coefficient (Wildman–Crippen LogP) is 3.51. The van der Waals surface area contributed by atoms with Gasteiger partial charge in [-0.3, -0.25) is 4.90 Å². The van der Waals surface area contributed by atoms with Gasteiger partial charge >= 0.3 is 0 Å². The second-order valence-electron chi connectivity index (χ2n) is 6.67. The summed E-state index contributed by atoms with van der Waals surface area (Å²) >= 11 is 0. The molecule has 0 aliphatic carbocycles. The van der Waals surface area contributed by atoms with Crippen LogP contribution >= 0.6 is 0 Å². The molecule has 1 unspecified atom stereocenters. The summed E-state index contributed by atoms with van der Waals surface area (Å²) < 4.78 is 5.64. The van der Waals surface area contributed by atoms with Gasteiger partial charge in [0.1, 0.15) is 0 Å². The molecule has 0 radical (unpaired) electrons. The molecule has 3 rings (SSSR count). The molecule has 1 aromatic rings. The second kappa shape index (κ2) is 7.28. The number of rotatable bonds is 5. The molecule has 3 nitrogen and oxygen atoms in total. The minimum atomic E-state index is 0.403. The van der Waals surface area contributed by atoms with Crippen molar-refractivity contribution in [3.05, 3.63) is 29.8 Å². The second-order valence-corrected chi connectivity index (χ2v) is 6.67. The summed E-state index contributed by atoms with van der Waals surface area (Å²) in [5, 5.41) is 3.48. The van der Waals surface area contributed by atoms with Crippen LogP contribution in [-0.4, -0.2) is 37.2 Å². The van der Waals surface area contributed by atoms with Crippen LogP contribution in [-0.2, 0) is 11.3 Å². The zero-order chi connectivity index (χ0) is 14.5. The molecule has 2 aliphatic heterocycles. The smallest absolute Gasteiger partial charge is 0.0748 e. The van der Waals surface area contributed by atoms with Crippen molar-refractivity contribution in [1.82, 2.24) is 4.90 Å². The van der Waals surface area contributed by atoms with Gasteiger partial charge in [0, 0.05) is 25.4 Å². The van der Waals surface area contributed by atoms with E-state index in [2.05, 4.69) is 41.4 Å². The summed E-state index contributed by atoms with van der Waals surface area (Å²) in [7, 11) is 0. The molecule has 2 heterocycles. The van der Waals surface area contributed by atoms with E-state index >= 15 is 0 Å². The fourth-order valence-electron chi connectivity index (χ4n) is 3.24. The number of hydrogen-bond acceptors (Lipinski definition) is 3. The number of anilines is 1. The maximum Gasteiger partial charge on any atom is 0.0748 e. The standard InChI is InChI=1S/C18H28N2O/c1-15-8-10-20(11-9-15)14-16-4-6-17(7-5-16)19-13-18-3-2-12-21-18/h4-7,15,18-19H,2-3,8-14H2,1H3. The third-order valence-corrected chi connectivity index (χ3v) is 4.79. The molecule has 0 spiro atoms. The normalized spacial score (nSPS) is 24.3. The predicted molar refractivity (Wildman–Crippen MR) is 87.6 cm³/mol. The van der Waals surface area contributed by atoms with Gasteiger partial charge in [-0.15, -0.1) is 0 Å². The summed E-state index contributed by atoms with van der Waals surface area (Å²) in [6, 6.07) is 8.93. The van der Waals surface area contributed by atoms with Gasteiger partial charge < -0.3 is 10.1 Å². The maximum atomic E-state index is 5.64. The Hall–Kier alpha value is -1.06. The minimum Gasteiger partial charge on any atom is -0.382 e. The van der Waals surface area contributed by atoms with Gasteiger partial charge in [-0.1, -0.05) is 19.1 Å². The van der Waals surface area contributed by atoms with E-state index in [0.29, 0.717) is 6.10 Å². The molecule has 3 heteroatoms. The first-order valence-corrected chi connectivity index (χ1v) is 8.46. The van der Waals surface area contributed by atoms with E-state index in [1.54, 1.807) is 0 Å². The van der Waals surface area contributed by atoms with Crippen molar-refractivity contribution in [3.63, 3.8) is 0 Å². The van der Waals surface area contributed by atoms with Gasteiger partial charge in [0.2, 0.25) is 0 Å². The summed E-state index contributed by atoms with van der Waals surface area (Å²) in [5.74, 6) is 0.908. The highest BCUT2D eigenvalue weighted by molar-refractivity contribution is 5.44. The highest BCUT2D eigenvalue weighted by Crippen LogP contribution is 2.19.